The van der Waals surface area contributed by atoms with E-state index < -0.39 is 4.92 Å². The van der Waals surface area contributed by atoms with E-state index in [1.165, 1.54) is 44.8 Å². The van der Waals surface area contributed by atoms with Gasteiger partial charge in [-0.3, -0.25) is 10.1 Å². The van der Waals surface area contributed by atoms with E-state index in [4.69, 9.17) is 14.2 Å². The first-order valence-corrected chi connectivity index (χ1v) is 10.9. The van der Waals surface area contributed by atoms with Crippen LogP contribution in [0, 0.1) is 10.1 Å². The molecule has 4 rings (SSSR count). The molecular weight excluding hydrogens is 450 g/mol. The lowest BCUT2D eigenvalue weighted by Gasteiger charge is -2.34. The summed E-state index contributed by atoms with van der Waals surface area (Å²) < 4.78 is 16.7. The highest BCUT2D eigenvalue weighted by atomic mass is 32.1. The number of carbonyl (C=O) groups is 1. The molecule has 1 fully saturated rings. The minimum absolute atomic E-state index is 0.0472. The summed E-state index contributed by atoms with van der Waals surface area (Å²) in [7, 11) is 4.55. The highest BCUT2D eigenvalue weighted by molar-refractivity contribution is 7.22. The molecule has 33 heavy (non-hydrogen) atoms. The molecule has 1 aliphatic heterocycles. The molecule has 0 spiro atoms. The number of benzene rings is 2. The standard InChI is InChI=1S/C21H23N5O6S/c1-30-16-10-13(11-17(31-2)19(16)32-3)22-20(27)24-6-8-25(9-7-24)21-23-15-5-4-14(26(28)29)12-18(15)33-21/h4-5,10-12H,6-9H2,1-3H3,(H,22,27). The Labute approximate surface area is 193 Å². The van der Waals surface area contributed by atoms with Crippen LogP contribution in [0.25, 0.3) is 10.2 Å². The van der Waals surface area contributed by atoms with Crippen LogP contribution in [0.3, 0.4) is 0 Å². The number of anilines is 2. The van der Waals surface area contributed by atoms with E-state index in [2.05, 4.69) is 15.2 Å². The van der Waals surface area contributed by atoms with Crippen molar-refractivity contribution in [1.82, 2.24) is 9.88 Å². The van der Waals surface area contributed by atoms with Crippen LogP contribution in [0.1, 0.15) is 0 Å². The van der Waals surface area contributed by atoms with Crippen molar-refractivity contribution in [1.29, 1.82) is 0 Å². The third kappa shape index (κ3) is 4.55. The number of urea groups is 1. The van der Waals surface area contributed by atoms with Gasteiger partial charge in [-0.1, -0.05) is 11.3 Å². The number of hydrogen-bond donors (Lipinski definition) is 1. The van der Waals surface area contributed by atoms with E-state index >= 15 is 0 Å². The van der Waals surface area contributed by atoms with Crippen molar-refractivity contribution in [2.75, 3.05) is 57.7 Å². The molecule has 2 heterocycles. The molecule has 1 aliphatic rings. The van der Waals surface area contributed by atoms with Gasteiger partial charge in [0.25, 0.3) is 5.69 Å². The Kier molecular flexibility index (Phi) is 6.36. The number of aromatic nitrogens is 1. The Hall–Kier alpha value is -3.80. The number of ether oxygens (including phenoxy) is 3. The van der Waals surface area contributed by atoms with Gasteiger partial charge in [0.15, 0.2) is 16.6 Å². The Morgan fingerprint density at radius 3 is 2.30 bits per heavy atom. The molecule has 3 aromatic rings. The molecule has 0 saturated carbocycles. The van der Waals surface area contributed by atoms with Gasteiger partial charge in [-0.05, 0) is 6.07 Å². The summed E-state index contributed by atoms with van der Waals surface area (Å²) in [4.78, 5) is 31.8. The molecule has 1 aromatic heterocycles. The average Bonchev–Trinajstić information content (AvgIpc) is 3.26. The number of nitro benzene ring substituents is 1. The van der Waals surface area contributed by atoms with Gasteiger partial charge in [0.2, 0.25) is 5.75 Å². The fourth-order valence-corrected chi connectivity index (χ4v) is 4.66. The molecule has 2 amide bonds. The first-order valence-electron chi connectivity index (χ1n) is 10.1. The number of fused-ring (bicyclic) bond motifs is 1. The quantitative estimate of drug-likeness (QED) is 0.426. The van der Waals surface area contributed by atoms with Crippen molar-refractivity contribution < 1.29 is 23.9 Å². The van der Waals surface area contributed by atoms with Gasteiger partial charge in [0.05, 0.1) is 42.2 Å². The Bertz CT molecular complexity index is 1170. The summed E-state index contributed by atoms with van der Waals surface area (Å²) >= 11 is 1.41. The third-order valence-corrected chi connectivity index (χ3v) is 6.40. The molecule has 0 bridgehead atoms. The van der Waals surface area contributed by atoms with Crippen LogP contribution < -0.4 is 24.4 Å². The number of nitrogens with one attached hydrogen (secondary N) is 1. The highest BCUT2D eigenvalue weighted by Gasteiger charge is 2.24. The second kappa shape index (κ2) is 9.36. The number of hydrogen-bond acceptors (Lipinski definition) is 9. The topological polar surface area (TPSA) is 119 Å². The van der Waals surface area contributed by atoms with E-state index in [0.29, 0.717) is 49.1 Å². The minimum Gasteiger partial charge on any atom is -0.493 e. The maximum absolute atomic E-state index is 12.8. The highest BCUT2D eigenvalue weighted by Crippen LogP contribution is 2.40. The number of thiazole rings is 1. The van der Waals surface area contributed by atoms with Crippen molar-refractivity contribution in [3.63, 3.8) is 0 Å². The summed E-state index contributed by atoms with van der Waals surface area (Å²) in [5.74, 6) is 1.36. The zero-order chi connectivity index (χ0) is 23.5. The second-order valence-corrected chi connectivity index (χ2v) is 8.23. The van der Waals surface area contributed by atoms with Crippen LogP contribution in [0.5, 0.6) is 17.2 Å². The Morgan fingerprint density at radius 2 is 1.73 bits per heavy atom. The molecule has 1 saturated heterocycles. The number of non-ortho nitro benzene ring substituents is 1. The number of nitrogens with zero attached hydrogens (tertiary/aromatic N) is 4. The maximum Gasteiger partial charge on any atom is 0.321 e. The normalized spacial score (nSPS) is 13.7. The summed E-state index contributed by atoms with van der Waals surface area (Å²) in [6.45, 7) is 2.22. The predicted octanol–water partition coefficient (Wildman–Crippen LogP) is 3.58. The van der Waals surface area contributed by atoms with E-state index in [-0.39, 0.29) is 11.7 Å². The lowest BCUT2D eigenvalue weighted by Crippen LogP contribution is -2.50. The largest absolute Gasteiger partial charge is 0.493 e. The van der Waals surface area contributed by atoms with Crippen LogP contribution in [0.15, 0.2) is 30.3 Å². The van der Waals surface area contributed by atoms with Gasteiger partial charge in [-0.2, -0.15) is 0 Å². The number of methoxy groups -OCH3 is 3. The summed E-state index contributed by atoms with van der Waals surface area (Å²) in [5, 5.41) is 14.7. The Balaban J connectivity index is 1.41. The van der Waals surface area contributed by atoms with Crippen molar-refractivity contribution >= 4 is 44.1 Å². The molecule has 2 aromatic carbocycles. The molecule has 11 nitrogen and oxygen atoms in total. The molecule has 1 N–H and O–H groups in total. The first kappa shape index (κ1) is 22.4. The average molecular weight is 474 g/mol. The summed E-state index contributed by atoms with van der Waals surface area (Å²) in [5.41, 5.74) is 1.30. The van der Waals surface area contributed by atoms with E-state index in [1.807, 2.05) is 0 Å². The molecule has 174 valence electrons. The first-order chi connectivity index (χ1) is 15.9. The van der Waals surface area contributed by atoms with Crippen LogP contribution in [0.4, 0.5) is 21.3 Å². The number of amides is 2. The van der Waals surface area contributed by atoms with Crippen molar-refractivity contribution in [3.05, 3.63) is 40.4 Å². The molecule has 0 radical (unpaired) electrons. The van der Waals surface area contributed by atoms with Crippen LogP contribution in [0.2, 0.25) is 0 Å². The van der Waals surface area contributed by atoms with E-state index in [0.717, 1.165) is 15.3 Å². The van der Waals surface area contributed by atoms with Crippen molar-refractivity contribution in [2.24, 2.45) is 0 Å². The Morgan fingerprint density at radius 1 is 1.06 bits per heavy atom. The summed E-state index contributed by atoms with van der Waals surface area (Å²) in [6.07, 6.45) is 0. The van der Waals surface area contributed by atoms with Gasteiger partial charge in [-0.25, -0.2) is 9.78 Å². The van der Waals surface area contributed by atoms with Gasteiger partial charge in [-0.15, -0.1) is 0 Å². The third-order valence-electron chi connectivity index (χ3n) is 5.32. The molecule has 12 heteroatoms. The van der Waals surface area contributed by atoms with Crippen molar-refractivity contribution in [3.8, 4) is 17.2 Å². The van der Waals surface area contributed by atoms with E-state index in [1.54, 1.807) is 23.1 Å². The SMILES string of the molecule is COc1cc(NC(=O)N2CCN(c3nc4ccc([N+](=O)[O-])cc4s3)CC2)cc(OC)c1OC. The molecule has 0 atom stereocenters. The lowest BCUT2D eigenvalue weighted by molar-refractivity contribution is -0.384. The van der Waals surface area contributed by atoms with Gasteiger partial charge in [0, 0.05) is 50.4 Å². The predicted molar refractivity (Wildman–Crippen MR) is 125 cm³/mol. The number of nitro groups is 1. The van der Waals surface area contributed by atoms with Crippen LogP contribution in [-0.2, 0) is 0 Å². The van der Waals surface area contributed by atoms with Crippen LogP contribution >= 0.6 is 11.3 Å². The van der Waals surface area contributed by atoms with Crippen LogP contribution in [-0.4, -0.2) is 68.3 Å². The fraction of sp³-hybridized carbons (Fsp3) is 0.333. The number of rotatable bonds is 6. The number of piperazine rings is 1. The zero-order valence-corrected chi connectivity index (χ0v) is 19.2. The fourth-order valence-electron chi connectivity index (χ4n) is 3.61. The second-order valence-electron chi connectivity index (χ2n) is 7.22. The summed E-state index contributed by atoms with van der Waals surface area (Å²) in [6, 6.07) is 7.78. The van der Waals surface area contributed by atoms with Gasteiger partial charge < -0.3 is 29.3 Å². The molecule has 0 unspecified atom stereocenters. The van der Waals surface area contributed by atoms with Crippen molar-refractivity contribution in [2.45, 2.75) is 0 Å². The minimum atomic E-state index is -0.412. The van der Waals surface area contributed by atoms with E-state index in [9.17, 15) is 14.9 Å². The number of carbonyl (C=O) groups excluding carboxylic acids is 1. The maximum atomic E-state index is 12.8. The molecule has 0 aliphatic carbocycles. The van der Waals surface area contributed by atoms with Gasteiger partial charge in [0.1, 0.15) is 0 Å². The zero-order valence-electron chi connectivity index (χ0n) is 18.4. The smallest absolute Gasteiger partial charge is 0.321 e. The lowest BCUT2D eigenvalue weighted by atomic mass is 10.2. The monoisotopic (exact) mass is 473 g/mol. The molecular formula is C21H23N5O6S. The van der Waals surface area contributed by atoms with Gasteiger partial charge >= 0.3 is 6.03 Å².